The second-order valence-corrected chi connectivity index (χ2v) is 28.3. The molecule has 0 aromatic heterocycles. The minimum Gasteiger partial charge on any atom is -0.726 e. The standard InChI is InChI=1S/C57H94O29S.Na/c1-21(2)16-26(59)19-56(9,70)34-11-10-29-28-18-32(31-17-27(86-87(73,74)75)12-14-54(31,7)30(28)13-15-55(29,34)8)80-51-44(69)48(57(71,72)25(6)79-51)85-52-47(84-50-42(67)39(64)36(61)23(4)77-50)43(68)45(24(5)78-52)82-53-46(40(65)37(62)33(20-58)81-53)83-49-41(66)38(63)35(60)22(3)76-49;/h13,21-25,27-29,31-53,58,60-72H,10-12,14-20H2,1-9H3,(H,73,74,75);/q;+1/p-1/t22?,23?,24?,25?,27-,28?,29?,31?,32-,33?,34-,35?,36?,37?,38?,39?,40?,41?,42?,43?,44?,45?,46?,47?,48?,49?,50?,51?,52?,53?,54+,55-,56-;/m0./s1. The van der Waals surface area contributed by atoms with Crippen molar-refractivity contribution in [1.29, 1.82) is 0 Å². The number of fused-ring (bicyclic) bond motifs is 5. The molecule has 0 aromatic carbocycles. The molecule has 0 radical (unpaired) electrons. The molecule has 5 aliphatic heterocycles. The number of rotatable bonds is 18. The minimum absolute atomic E-state index is 0. The van der Waals surface area contributed by atoms with Gasteiger partial charge in [0.1, 0.15) is 103 Å². The summed E-state index contributed by atoms with van der Waals surface area (Å²) in [5.74, 6) is -4.26. The van der Waals surface area contributed by atoms with Crippen LogP contribution in [-0.4, -0.2) is 268 Å². The second-order valence-electron chi connectivity index (χ2n) is 27.3. The second kappa shape index (κ2) is 27.8. The predicted octanol–water partition coefficient (Wildman–Crippen LogP) is -6.31. The van der Waals surface area contributed by atoms with Crippen LogP contribution in [0.2, 0.25) is 0 Å². The number of aliphatic hydroxyl groups excluding tert-OH is 11. The van der Waals surface area contributed by atoms with E-state index in [1.165, 1.54) is 27.7 Å². The molecule has 5 heterocycles. The average Bonchev–Trinajstić information content (AvgIpc) is 1.33. The van der Waals surface area contributed by atoms with Gasteiger partial charge >= 0.3 is 29.6 Å². The molecule has 0 amide bonds. The first-order chi connectivity index (χ1) is 40.4. The molecular weight excluding hydrogens is 1200 g/mol. The molecule has 9 aliphatic rings. The zero-order valence-electron chi connectivity index (χ0n) is 51.3. The Labute approximate surface area is 533 Å². The number of carbonyl (C=O) groups is 1. The number of Topliss-reactive ketones (excluding diaryl/α,β-unsaturated/α-hetero) is 1. The van der Waals surface area contributed by atoms with Crippen LogP contribution in [0.15, 0.2) is 11.6 Å². The predicted molar refractivity (Wildman–Crippen MR) is 290 cm³/mol. The number of ketones is 1. The van der Waals surface area contributed by atoms with Gasteiger partial charge < -0.3 is 123 Å². The third kappa shape index (κ3) is 14.3. The molecule has 502 valence electrons. The van der Waals surface area contributed by atoms with E-state index < -0.39 is 205 Å². The van der Waals surface area contributed by atoms with Gasteiger partial charge in [-0.2, -0.15) is 0 Å². The van der Waals surface area contributed by atoms with Crippen molar-refractivity contribution in [2.45, 2.75) is 291 Å². The van der Waals surface area contributed by atoms with E-state index in [9.17, 15) is 89.3 Å². The van der Waals surface area contributed by atoms with E-state index in [-0.39, 0.29) is 84.7 Å². The minimum atomic E-state index is -5.17. The molecule has 0 spiro atoms. The quantitative estimate of drug-likeness (QED) is 0.0200. The average molecular weight is 1300 g/mol. The maximum Gasteiger partial charge on any atom is 1.00 e. The Balaban J connectivity index is 0.0000100. The molecule has 33 atom stereocenters. The number of allylic oxidation sites excluding steroid dienone is 2. The molecule has 31 heteroatoms. The molecular formula is C57H93NaO29S. The molecule has 9 rings (SSSR count). The van der Waals surface area contributed by atoms with E-state index >= 15 is 0 Å². The van der Waals surface area contributed by atoms with Crippen LogP contribution in [-0.2, 0) is 66.7 Å². The Bertz CT molecular complexity index is 2520. The molecule has 0 aromatic rings. The Morgan fingerprint density at radius 1 is 0.670 bits per heavy atom. The number of carbonyl (C=O) groups excluding carboxylic acids is 1. The summed E-state index contributed by atoms with van der Waals surface area (Å²) >= 11 is 0. The summed E-state index contributed by atoms with van der Waals surface area (Å²) in [5, 5.41) is 158. The summed E-state index contributed by atoms with van der Waals surface area (Å²) in [5.41, 5.74) is -1.48. The normalized spacial score (nSPS) is 50.4. The van der Waals surface area contributed by atoms with Gasteiger partial charge in [0.05, 0.1) is 42.7 Å². The van der Waals surface area contributed by atoms with Crippen molar-refractivity contribution in [3.8, 4) is 0 Å². The first-order valence-electron chi connectivity index (χ1n) is 30.4. The van der Waals surface area contributed by atoms with E-state index in [1.807, 2.05) is 20.8 Å². The first kappa shape index (κ1) is 73.1. The number of hydrogen-bond acceptors (Lipinski definition) is 29. The number of aliphatic hydroxyl groups is 14. The van der Waals surface area contributed by atoms with Crippen molar-refractivity contribution in [3.63, 3.8) is 0 Å². The largest absolute Gasteiger partial charge is 1.00 e. The van der Waals surface area contributed by atoms with E-state index in [0.717, 1.165) is 5.57 Å². The van der Waals surface area contributed by atoms with Crippen LogP contribution in [0.1, 0.15) is 120 Å². The zero-order chi connectivity index (χ0) is 64.1. The van der Waals surface area contributed by atoms with Gasteiger partial charge in [-0.1, -0.05) is 39.3 Å². The van der Waals surface area contributed by atoms with Crippen molar-refractivity contribution in [2.24, 2.45) is 40.4 Å². The Kier molecular flexibility index (Phi) is 23.1. The van der Waals surface area contributed by atoms with Crippen molar-refractivity contribution >= 4 is 16.2 Å². The third-order valence-corrected chi connectivity index (χ3v) is 21.3. The van der Waals surface area contributed by atoms with E-state index in [0.29, 0.717) is 32.1 Å². The maximum absolute atomic E-state index is 13.2. The van der Waals surface area contributed by atoms with Gasteiger partial charge in [0.25, 0.3) is 0 Å². The van der Waals surface area contributed by atoms with Crippen molar-refractivity contribution < 1.29 is 170 Å². The summed E-state index contributed by atoms with van der Waals surface area (Å²) in [4.78, 5) is 13.2. The molecule has 14 N–H and O–H groups in total. The molecule has 29 nitrogen and oxygen atoms in total. The van der Waals surface area contributed by atoms with Gasteiger partial charge in [-0.15, -0.1) is 0 Å². The summed E-state index contributed by atoms with van der Waals surface area (Å²) in [6.45, 7) is 14.1. The smallest absolute Gasteiger partial charge is 0.726 e. The Hall–Kier alpha value is -0.680. The van der Waals surface area contributed by atoms with E-state index in [1.54, 1.807) is 6.92 Å². The van der Waals surface area contributed by atoms with Gasteiger partial charge in [0.15, 0.2) is 31.5 Å². The topological polar surface area (TPSA) is 459 Å². The Morgan fingerprint density at radius 2 is 1.22 bits per heavy atom. The van der Waals surface area contributed by atoms with Crippen LogP contribution < -0.4 is 29.6 Å². The number of ether oxygens (including phenoxy) is 10. The van der Waals surface area contributed by atoms with Crippen LogP contribution >= 0.6 is 0 Å². The van der Waals surface area contributed by atoms with E-state index in [4.69, 9.17) is 51.6 Å². The van der Waals surface area contributed by atoms with Gasteiger partial charge in [0, 0.05) is 12.8 Å². The molecule has 5 saturated heterocycles. The van der Waals surface area contributed by atoms with E-state index in [2.05, 4.69) is 13.0 Å². The molecule has 88 heavy (non-hydrogen) atoms. The fourth-order valence-corrected chi connectivity index (χ4v) is 16.6. The summed E-state index contributed by atoms with van der Waals surface area (Å²) < 4.78 is 102. The Morgan fingerprint density at radius 3 is 1.78 bits per heavy atom. The summed E-state index contributed by atoms with van der Waals surface area (Å²) in [6, 6.07) is 0. The molecule has 27 unspecified atom stereocenters. The SMILES string of the molecule is CC(C)CC(=O)C[C@](C)(O)[C@H]1CCC2C3C[C@H](OC4OC(C)C(O)(O)C(OC5OC(C)C(OC6OC(CO)C(O)C(O)C6OC6OC(C)C(O)C(O)C6O)C(O)C5OC5OC(C)C(O)C(O)C5O)C4O)C4C[C@@H](OS(=O)(=O)[O-])CC[C@]4(C)C3=CC[C@@]21C.[Na+]. The van der Waals surface area contributed by atoms with Crippen molar-refractivity contribution in [2.75, 3.05) is 6.61 Å². The van der Waals surface area contributed by atoms with Crippen LogP contribution in [0.3, 0.4) is 0 Å². The number of hydrogen-bond donors (Lipinski definition) is 14. The summed E-state index contributed by atoms with van der Waals surface area (Å²) in [6.07, 6.45) is -40.5. The fraction of sp³-hybridized carbons (Fsp3) is 0.947. The monoisotopic (exact) mass is 1300 g/mol. The molecule has 8 fully saturated rings. The van der Waals surface area contributed by atoms with Gasteiger partial charge in [-0.25, -0.2) is 8.42 Å². The van der Waals surface area contributed by atoms with Gasteiger partial charge in [-0.3, -0.25) is 8.98 Å². The van der Waals surface area contributed by atoms with Crippen molar-refractivity contribution in [3.05, 3.63) is 11.6 Å². The molecule has 4 aliphatic carbocycles. The van der Waals surface area contributed by atoms with Crippen LogP contribution in [0, 0.1) is 40.4 Å². The van der Waals surface area contributed by atoms with Crippen LogP contribution in [0.25, 0.3) is 0 Å². The van der Waals surface area contributed by atoms with Crippen molar-refractivity contribution in [1.82, 2.24) is 0 Å². The summed E-state index contributed by atoms with van der Waals surface area (Å²) in [7, 11) is -5.17. The zero-order valence-corrected chi connectivity index (χ0v) is 54.2. The fourth-order valence-electron chi connectivity index (χ4n) is 16.1. The maximum atomic E-state index is 13.2. The van der Waals surface area contributed by atoms with Crippen LogP contribution in [0.4, 0.5) is 0 Å². The first-order valence-corrected chi connectivity index (χ1v) is 31.8. The van der Waals surface area contributed by atoms with Gasteiger partial charge in [0.2, 0.25) is 16.2 Å². The molecule has 3 saturated carbocycles. The molecule has 0 bridgehead atoms. The van der Waals surface area contributed by atoms with Gasteiger partial charge in [-0.05, 0) is 120 Å². The van der Waals surface area contributed by atoms with Crippen LogP contribution in [0.5, 0.6) is 0 Å². The third-order valence-electron chi connectivity index (χ3n) is 20.8.